The van der Waals surface area contributed by atoms with Gasteiger partial charge in [0.2, 0.25) is 5.91 Å². The Morgan fingerprint density at radius 3 is 2.50 bits per heavy atom. The van der Waals surface area contributed by atoms with Gasteiger partial charge in [-0.2, -0.15) is 0 Å². The zero-order valence-electron chi connectivity index (χ0n) is 17.5. The van der Waals surface area contributed by atoms with E-state index in [-0.39, 0.29) is 11.8 Å². The fourth-order valence-corrected chi connectivity index (χ4v) is 4.33. The summed E-state index contributed by atoms with van der Waals surface area (Å²) in [4.78, 5) is 23.6. The Labute approximate surface area is 186 Å². The van der Waals surface area contributed by atoms with Crippen LogP contribution in [-0.4, -0.2) is 25.2 Å². The Hall–Kier alpha value is -4.04. The van der Waals surface area contributed by atoms with E-state index >= 15 is 0 Å². The Balaban J connectivity index is 1.12. The first-order valence-corrected chi connectivity index (χ1v) is 10.7. The van der Waals surface area contributed by atoms with Crippen LogP contribution < -0.4 is 10.6 Å². The maximum Gasteiger partial charge on any atom is 0.407 e. The molecule has 2 N–H and O–H groups in total. The summed E-state index contributed by atoms with van der Waals surface area (Å²) in [6.07, 6.45) is 0.495. The summed E-state index contributed by atoms with van der Waals surface area (Å²) in [5.74, 6) is 6.18. The molecule has 3 aromatic carbocycles. The summed E-state index contributed by atoms with van der Waals surface area (Å²) in [5, 5.41) is 5.59. The van der Waals surface area contributed by atoms with Gasteiger partial charge in [0.25, 0.3) is 0 Å². The van der Waals surface area contributed by atoms with E-state index in [0.717, 1.165) is 16.8 Å². The molecule has 1 heterocycles. The molecular weight excluding hydrogens is 400 g/mol. The number of nitrogens with one attached hydrogen (secondary N) is 2. The number of ether oxygens (including phenoxy) is 1. The van der Waals surface area contributed by atoms with Crippen molar-refractivity contribution < 1.29 is 14.3 Å². The lowest BCUT2D eigenvalue weighted by Gasteiger charge is -2.14. The van der Waals surface area contributed by atoms with Gasteiger partial charge in [0.05, 0.1) is 6.42 Å². The molecule has 5 nitrogen and oxygen atoms in total. The maximum absolute atomic E-state index is 12.2. The van der Waals surface area contributed by atoms with Gasteiger partial charge in [-0.3, -0.25) is 4.79 Å². The van der Waals surface area contributed by atoms with Crippen LogP contribution in [0.4, 0.5) is 10.5 Å². The van der Waals surface area contributed by atoms with Gasteiger partial charge in [-0.1, -0.05) is 66.4 Å². The molecule has 158 valence electrons. The molecule has 3 aromatic rings. The lowest BCUT2D eigenvalue weighted by atomic mass is 9.98. The molecular formula is C27H22N2O3. The monoisotopic (exact) mass is 422 g/mol. The molecule has 0 unspecified atom stereocenters. The van der Waals surface area contributed by atoms with E-state index in [1.165, 1.54) is 22.3 Å². The van der Waals surface area contributed by atoms with E-state index in [0.29, 0.717) is 26.0 Å². The highest BCUT2D eigenvalue weighted by atomic mass is 16.5. The van der Waals surface area contributed by atoms with Gasteiger partial charge in [-0.15, -0.1) is 0 Å². The number of carbonyl (C=O) groups is 2. The van der Waals surface area contributed by atoms with E-state index < -0.39 is 6.09 Å². The molecule has 2 aliphatic rings. The summed E-state index contributed by atoms with van der Waals surface area (Å²) < 4.78 is 5.53. The molecule has 0 fully saturated rings. The molecule has 0 spiro atoms. The Bertz CT molecular complexity index is 1220. The fraction of sp³-hybridized carbons (Fsp3) is 0.185. The van der Waals surface area contributed by atoms with E-state index in [2.05, 4.69) is 46.7 Å². The molecule has 1 aliphatic carbocycles. The first-order valence-electron chi connectivity index (χ1n) is 10.7. The third-order valence-electron chi connectivity index (χ3n) is 5.83. The summed E-state index contributed by atoms with van der Waals surface area (Å²) in [6.45, 7) is 0.706. The van der Waals surface area contributed by atoms with Crippen molar-refractivity contribution in [2.24, 2.45) is 0 Å². The van der Waals surface area contributed by atoms with Crippen LogP contribution >= 0.6 is 0 Å². The van der Waals surface area contributed by atoms with Gasteiger partial charge in [-0.05, 0) is 39.9 Å². The summed E-state index contributed by atoms with van der Waals surface area (Å²) in [6, 6.07) is 22.2. The average Bonchev–Trinajstić information content (AvgIpc) is 3.34. The van der Waals surface area contributed by atoms with Crippen LogP contribution in [0.2, 0.25) is 0 Å². The summed E-state index contributed by atoms with van der Waals surface area (Å²) in [7, 11) is 0. The number of benzene rings is 3. The second-order valence-electron chi connectivity index (χ2n) is 7.90. The normalized spacial score (nSPS) is 13.3. The number of hydrogen-bond donors (Lipinski definition) is 2. The lowest BCUT2D eigenvalue weighted by molar-refractivity contribution is -0.115. The molecule has 0 aromatic heterocycles. The molecule has 0 radical (unpaired) electrons. The minimum atomic E-state index is -0.436. The quantitative estimate of drug-likeness (QED) is 0.482. The number of fused-ring (bicyclic) bond motifs is 4. The third-order valence-corrected chi connectivity index (χ3v) is 5.83. The fourth-order valence-electron chi connectivity index (χ4n) is 4.33. The number of hydrogen-bond acceptors (Lipinski definition) is 3. The van der Waals surface area contributed by atoms with Crippen LogP contribution in [0.1, 0.15) is 34.6 Å². The standard InChI is InChI=1S/C27H22N2O3/c30-26-16-19-13-12-18(15-25(19)29-26)7-5-6-14-28-27(31)32-17-24-22-10-3-1-8-20(22)21-9-2-4-11-23(21)24/h1-4,8-13,15,24H,6,14,16-17H2,(H,28,31)(H,29,30). The SMILES string of the molecule is O=C1Cc2ccc(C#CCCNC(=O)OCC3c4ccccc4-c4ccccc43)cc2N1. The maximum atomic E-state index is 12.2. The van der Waals surface area contributed by atoms with Crippen molar-refractivity contribution in [2.45, 2.75) is 18.8 Å². The van der Waals surface area contributed by atoms with Crippen molar-refractivity contribution in [3.05, 3.63) is 89.0 Å². The van der Waals surface area contributed by atoms with Gasteiger partial charge in [-0.25, -0.2) is 4.79 Å². The zero-order valence-corrected chi connectivity index (χ0v) is 17.5. The highest BCUT2D eigenvalue weighted by Gasteiger charge is 2.28. The molecule has 5 heteroatoms. The lowest BCUT2D eigenvalue weighted by Crippen LogP contribution is -2.26. The third kappa shape index (κ3) is 3.95. The minimum Gasteiger partial charge on any atom is -0.449 e. The van der Waals surface area contributed by atoms with Crippen LogP contribution in [0, 0.1) is 11.8 Å². The van der Waals surface area contributed by atoms with Crippen molar-refractivity contribution in [1.82, 2.24) is 5.32 Å². The van der Waals surface area contributed by atoms with Crippen LogP contribution in [-0.2, 0) is 16.0 Å². The first-order chi connectivity index (χ1) is 15.7. The van der Waals surface area contributed by atoms with E-state index in [1.807, 2.05) is 42.5 Å². The summed E-state index contributed by atoms with van der Waals surface area (Å²) in [5.41, 5.74) is 7.47. The number of rotatable bonds is 4. The molecule has 0 saturated carbocycles. The van der Waals surface area contributed by atoms with Gasteiger partial charge in [0.1, 0.15) is 6.61 Å². The van der Waals surface area contributed by atoms with E-state index in [1.54, 1.807) is 0 Å². The molecule has 0 saturated heterocycles. The molecule has 0 bridgehead atoms. The highest BCUT2D eigenvalue weighted by Crippen LogP contribution is 2.44. The highest BCUT2D eigenvalue weighted by molar-refractivity contribution is 5.99. The minimum absolute atomic E-state index is 0.0115. The van der Waals surface area contributed by atoms with Crippen LogP contribution in [0.3, 0.4) is 0 Å². The molecule has 5 rings (SSSR count). The number of anilines is 1. The predicted octanol–water partition coefficient (Wildman–Crippen LogP) is 4.46. The second kappa shape index (κ2) is 8.60. The van der Waals surface area contributed by atoms with Crippen LogP contribution in [0.25, 0.3) is 11.1 Å². The zero-order chi connectivity index (χ0) is 21.9. The first kappa shape index (κ1) is 19.9. The Kier molecular flexibility index (Phi) is 5.35. The van der Waals surface area contributed by atoms with Crippen molar-refractivity contribution in [3.8, 4) is 23.0 Å². The summed E-state index contributed by atoms with van der Waals surface area (Å²) >= 11 is 0. The molecule has 1 aliphatic heterocycles. The van der Waals surface area contributed by atoms with Crippen LogP contribution in [0.5, 0.6) is 0 Å². The van der Waals surface area contributed by atoms with E-state index in [4.69, 9.17) is 4.74 Å². The number of amides is 2. The van der Waals surface area contributed by atoms with Crippen molar-refractivity contribution >= 4 is 17.7 Å². The van der Waals surface area contributed by atoms with Crippen molar-refractivity contribution in [3.63, 3.8) is 0 Å². The Morgan fingerprint density at radius 1 is 1.03 bits per heavy atom. The van der Waals surface area contributed by atoms with Gasteiger partial charge in [0.15, 0.2) is 0 Å². The second-order valence-corrected chi connectivity index (χ2v) is 7.90. The van der Waals surface area contributed by atoms with Gasteiger partial charge >= 0.3 is 6.09 Å². The predicted molar refractivity (Wildman–Crippen MR) is 123 cm³/mol. The largest absolute Gasteiger partial charge is 0.449 e. The number of alkyl carbamates (subject to hydrolysis) is 1. The van der Waals surface area contributed by atoms with Gasteiger partial charge < -0.3 is 15.4 Å². The number of carbonyl (C=O) groups excluding carboxylic acids is 2. The van der Waals surface area contributed by atoms with Crippen LogP contribution in [0.15, 0.2) is 66.7 Å². The van der Waals surface area contributed by atoms with Gasteiger partial charge in [0, 0.05) is 30.1 Å². The smallest absolute Gasteiger partial charge is 0.407 e. The van der Waals surface area contributed by atoms with E-state index in [9.17, 15) is 9.59 Å². The van der Waals surface area contributed by atoms with Crippen molar-refractivity contribution in [2.75, 3.05) is 18.5 Å². The topological polar surface area (TPSA) is 67.4 Å². The molecule has 0 atom stereocenters. The Morgan fingerprint density at radius 2 is 1.75 bits per heavy atom. The molecule has 2 amide bonds. The molecule has 32 heavy (non-hydrogen) atoms. The van der Waals surface area contributed by atoms with Crippen molar-refractivity contribution in [1.29, 1.82) is 0 Å². The average molecular weight is 422 g/mol.